The van der Waals surface area contributed by atoms with Crippen LogP contribution in [0, 0.1) is 5.82 Å². The van der Waals surface area contributed by atoms with E-state index in [1.807, 2.05) is 17.5 Å². The van der Waals surface area contributed by atoms with Crippen LogP contribution in [0.5, 0.6) is 0 Å². The number of rotatable bonds is 3. The van der Waals surface area contributed by atoms with Crippen LogP contribution in [0.15, 0.2) is 40.6 Å². The molecule has 0 bridgehead atoms. The van der Waals surface area contributed by atoms with Gasteiger partial charge in [-0.05, 0) is 42.5 Å². The van der Waals surface area contributed by atoms with E-state index in [1.165, 1.54) is 27.8 Å². The number of nitrogens with zero attached hydrogens (tertiary/aromatic N) is 1. The molecule has 0 radical (unpaired) electrons. The van der Waals surface area contributed by atoms with Gasteiger partial charge in [0, 0.05) is 17.1 Å². The molecule has 1 fully saturated rings. The second-order valence-electron chi connectivity index (χ2n) is 4.98. The van der Waals surface area contributed by atoms with Crippen molar-refractivity contribution in [1.82, 2.24) is 4.31 Å². The zero-order valence-corrected chi connectivity index (χ0v) is 12.8. The first-order valence-electron chi connectivity index (χ1n) is 6.60. The van der Waals surface area contributed by atoms with Crippen LogP contribution in [0.1, 0.15) is 23.8 Å². The minimum Gasteiger partial charge on any atom is -0.399 e. The lowest BCUT2D eigenvalue weighted by Crippen LogP contribution is -2.31. The molecule has 2 N–H and O–H groups in total. The summed E-state index contributed by atoms with van der Waals surface area (Å²) in [5.41, 5.74) is 5.69. The highest BCUT2D eigenvalue weighted by atomic mass is 32.2. The van der Waals surface area contributed by atoms with Crippen molar-refractivity contribution < 1.29 is 12.8 Å². The van der Waals surface area contributed by atoms with Crippen molar-refractivity contribution in [2.24, 2.45) is 0 Å². The molecule has 1 unspecified atom stereocenters. The molecule has 0 aliphatic carbocycles. The zero-order chi connectivity index (χ0) is 15.0. The van der Waals surface area contributed by atoms with Crippen molar-refractivity contribution in [3.8, 4) is 0 Å². The predicted octanol–water partition coefficient (Wildman–Crippen LogP) is 3.00. The largest absolute Gasteiger partial charge is 0.399 e. The number of nitrogen functional groups attached to an aromatic ring is 1. The molecule has 112 valence electrons. The van der Waals surface area contributed by atoms with Gasteiger partial charge in [-0.15, -0.1) is 11.3 Å². The lowest BCUT2D eigenvalue weighted by atomic mass is 10.2. The summed E-state index contributed by atoms with van der Waals surface area (Å²) in [7, 11) is -3.85. The number of sulfonamides is 1. The summed E-state index contributed by atoms with van der Waals surface area (Å²) in [4.78, 5) is 0.687. The van der Waals surface area contributed by atoms with E-state index in [0.717, 1.165) is 23.8 Å². The highest BCUT2D eigenvalue weighted by Crippen LogP contribution is 2.38. The smallest absolute Gasteiger partial charge is 0.246 e. The van der Waals surface area contributed by atoms with Gasteiger partial charge in [0.25, 0.3) is 0 Å². The van der Waals surface area contributed by atoms with Crippen LogP contribution in [-0.4, -0.2) is 19.3 Å². The Bertz CT molecular complexity index is 744. The zero-order valence-electron chi connectivity index (χ0n) is 11.2. The van der Waals surface area contributed by atoms with Gasteiger partial charge in [-0.3, -0.25) is 0 Å². The van der Waals surface area contributed by atoms with Gasteiger partial charge in [-0.2, -0.15) is 4.31 Å². The molecule has 1 aliphatic heterocycles. The van der Waals surface area contributed by atoms with Crippen molar-refractivity contribution in [2.75, 3.05) is 12.3 Å². The van der Waals surface area contributed by atoms with E-state index in [1.54, 1.807) is 0 Å². The molecule has 1 atom stereocenters. The third-order valence-corrected chi connectivity index (χ3v) is 6.53. The Kier molecular flexibility index (Phi) is 3.73. The fraction of sp³-hybridized carbons (Fsp3) is 0.286. The summed E-state index contributed by atoms with van der Waals surface area (Å²) in [5.74, 6) is -0.799. The van der Waals surface area contributed by atoms with Gasteiger partial charge >= 0.3 is 0 Å². The summed E-state index contributed by atoms with van der Waals surface area (Å²) < 4.78 is 40.8. The highest BCUT2D eigenvalue weighted by molar-refractivity contribution is 7.89. The van der Waals surface area contributed by atoms with Crippen molar-refractivity contribution in [1.29, 1.82) is 0 Å². The Morgan fingerprint density at radius 1 is 1.33 bits per heavy atom. The average molecular weight is 326 g/mol. The van der Waals surface area contributed by atoms with Crippen LogP contribution >= 0.6 is 11.3 Å². The summed E-state index contributed by atoms with van der Waals surface area (Å²) >= 11 is 1.52. The van der Waals surface area contributed by atoms with Gasteiger partial charge in [-0.1, -0.05) is 6.07 Å². The summed E-state index contributed by atoms with van der Waals surface area (Å²) in [6.07, 6.45) is 1.54. The average Bonchev–Trinajstić information content (AvgIpc) is 3.09. The van der Waals surface area contributed by atoms with Gasteiger partial charge in [0.05, 0.1) is 6.04 Å². The maximum Gasteiger partial charge on any atom is 0.246 e. The van der Waals surface area contributed by atoms with E-state index >= 15 is 0 Å². The molecule has 7 heteroatoms. The van der Waals surface area contributed by atoms with Crippen molar-refractivity contribution in [3.63, 3.8) is 0 Å². The van der Waals surface area contributed by atoms with Crippen molar-refractivity contribution >= 4 is 27.0 Å². The van der Waals surface area contributed by atoms with E-state index in [9.17, 15) is 12.8 Å². The van der Waals surface area contributed by atoms with E-state index in [2.05, 4.69) is 0 Å². The summed E-state index contributed by atoms with van der Waals surface area (Å²) in [5, 5.41) is 1.92. The highest BCUT2D eigenvalue weighted by Gasteiger charge is 2.37. The fourth-order valence-electron chi connectivity index (χ4n) is 2.65. The Morgan fingerprint density at radius 2 is 2.14 bits per heavy atom. The summed E-state index contributed by atoms with van der Waals surface area (Å²) in [6, 6.07) is 7.31. The van der Waals surface area contributed by atoms with Gasteiger partial charge in [0.2, 0.25) is 10.0 Å². The maximum atomic E-state index is 14.0. The van der Waals surface area contributed by atoms with Gasteiger partial charge in [0.15, 0.2) is 0 Å². The monoisotopic (exact) mass is 326 g/mol. The van der Waals surface area contributed by atoms with E-state index in [-0.39, 0.29) is 16.6 Å². The van der Waals surface area contributed by atoms with Crippen LogP contribution < -0.4 is 5.73 Å². The van der Waals surface area contributed by atoms with Crippen LogP contribution in [0.4, 0.5) is 10.1 Å². The van der Waals surface area contributed by atoms with Crippen LogP contribution in [0.3, 0.4) is 0 Å². The minimum atomic E-state index is -3.85. The van der Waals surface area contributed by atoms with Gasteiger partial charge in [-0.25, -0.2) is 12.8 Å². The first kappa shape index (κ1) is 14.5. The van der Waals surface area contributed by atoms with E-state index in [0.29, 0.717) is 6.54 Å². The first-order valence-corrected chi connectivity index (χ1v) is 8.92. The van der Waals surface area contributed by atoms with Crippen LogP contribution in [-0.2, 0) is 10.0 Å². The Balaban J connectivity index is 2.01. The predicted molar refractivity (Wildman–Crippen MR) is 81.0 cm³/mol. The van der Waals surface area contributed by atoms with Gasteiger partial charge < -0.3 is 5.73 Å². The molecule has 1 saturated heterocycles. The third-order valence-electron chi connectivity index (χ3n) is 3.62. The molecule has 4 nitrogen and oxygen atoms in total. The SMILES string of the molecule is Nc1ccc(S(=O)(=O)N2CCCC2c2cccs2)c(F)c1. The quantitative estimate of drug-likeness (QED) is 0.882. The van der Waals surface area contributed by atoms with E-state index < -0.39 is 15.8 Å². The maximum absolute atomic E-state index is 14.0. The molecule has 21 heavy (non-hydrogen) atoms. The van der Waals surface area contributed by atoms with Crippen molar-refractivity contribution in [2.45, 2.75) is 23.8 Å². The second kappa shape index (κ2) is 5.40. The lowest BCUT2D eigenvalue weighted by molar-refractivity contribution is 0.397. The molecule has 0 amide bonds. The topological polar surface area (TPSA) is 63.4 Å². The number of thiophene rings is 1. The molecule has 3 rings (SSSR count). The minimum absolute atomic E-state index is 0.202. The molecule has 0 saturated carbocycles. The Morgan fingerprint density at radius 3 is 2.81 bits per heavy atom. The number of benzene rings is 1. The standard InChI is InChI=1S/C14H15FN2O2S2/c15-11-9-10(16)5-6-14(11)21(18,19)17-7-1-3-12(17)13-4-2-8-20-13/h2,4-6,8-9,12H,1,3,7,16H2. The summed E-state index contributed by atoms with van der Waals surface area (Å²) in [6.45, 7) is 0.411. The Labute approximate surface area is 127 Å². The molecular formula is C14H15FN2O2S2. The number of halogens is 1. The normalized spacial score (nSPS) is 20.0. The molecule has 0 spiro atoms. The number of hydrogen-bond donors (Lipinski definition) is 1. The van der Waals surface area contributed by atoms with Crippen LogP contribution in [0.2, 0.25) is 0 Å². The van der Waals surface area contributed by atoms with E-state index in [4.69, 9.17) is 5.73 Å². The molecule has 2 aromatic rings. The second-order valence-corrected chi connectivity index (χ2v) is 7.82. The van der Waals surface area contributed by atoms with Crippen LogP contribution in [0.25, 0.3) is 0 Å². The molecule has 2 heterocycles. The molecule has 1 aliphatic rings. The number of nitrogens with two attached hydrogens (primary N) is 1. The van der Waals surface area contributed by atoms with Crippen molar-refractivity contribution in [3.05, 3.63) is 46.4 Å². The Hall–Kier alpha value is -1.44. The molecular weight excluding hydrogens is 311 g/mol. The third kappa shape index (κ3) is 2.56. The number of anilines is 1. The fourth-order valence-corrected chi connectivity index (χ4v) is 5.31. The molecule has 1 aromatic carbocycles. The number of hydrogen-bond acceptors (Lipinski definition) is 4. The van der Waals surface area contributed by atoms with Gasteiger partial charge in [0.1, 0.15) is 10.7 Å². The lowest BCUT2D eigenvalue weighted by Gasteiger charge is -2.23. The first-order chi connectivity index (χ1) is 10.00. The molecule has 1 aromatic heterocycles.